The summed E-state index contributed by atoms with van der Waals surface area (Å²) < 4.78 is 13.2. The zero-order valence-corrected chi connectivity index (χ0v) is 15.5. The quantitative estimate of drug-likeness (QED) is 0.473. The first-order valence-electron chi connectivity index (χ1n) is 8.47. The predicted molar refractivity (Wildman–Crippen MR) is 107 cm³/mol. The van der Waals surface area contributed by atoms with Crippen LogP contribution in [0.25, 0.3) is 17.2 Å². The number of carbonyl (C=O) groups is 1. The van der Waals surface area contributed by atoms with Crippen molar-refractivity contribution in [2.75, 3.05) is 0 Å². The number of halogens is 2. The first kappa shape index (κ1) is 18.8. The predicted octanol–water partition coefficient (Wildman–Crippen LogP) is 5.43. The van der Waals surface area contributed by atoms with Crippen molar-refractivity contribution in [3.05, 3.63) is 95.0 Å². The average molecular weight is 381 g/mol. The minimum absolute atomic E-state index is 0.185. The van der Waals surface area contributed by atoms with Gasteiger partial charge in [0.15, 0.2) is 0 Å². The summed E-state index contributed by atoms with van der Waals surface area (Å²) in [7, 11) is 0. The van der Waals surface area contributed by atoms with Gasteiger partial charge in [-0.25, -0.2) is 9.37 Å². The zero-order valence-electron chi connectivity index (χ0n) is 14.7. The number of amides is 1. The second kappa shape index (κ2) is 8.60. The lowest BCUT2D eigenvalue weighted by Gasteiger charge is -2.14. The van der Waals surface area contributed by atoms with Crippen LogP contribution in [0.15, 0.2) is 72.9 Å². The molecule has 0 bridgehead atoms. The highest BCUT2D eigenvalue weighted by Gasteiger charge is 2.09. The molecule has 3 rings (SSSR count). The lowest BCUT2D eigenvalue weighted by atomic mass is 10.0. The third kappa shape index (κ3) is 5.25. The molecule has 0 aliphatic carbocycles. The maximum Gasteiger partial charge on any atom is 0.244 e. The molecule has 1 aromatic heterocycles. The summed E-state index contributed by atoms with van der Waals surface area (Å²) in [6, 6.07) is 17.4. The normalized spacial score (nSPS) is 12.1. The van der Waals surface area contributed by atoms with Gasteiger partial charge in [-0.1, -0.05) is 41.9 Å². The van der Waals surface area contributed by atoms with Gasteiger partial charge in [-0.15, -0.1) is 0 Å². The van der Waals surface area contributed by atoms with Crippen molar-refractivity contribution >= 4 is 23.6 Å². The van der Waals surface area contributed by atoms with Crippen molar-refractivity contribution in [3.63, 3.8) is 0 Å². The molecule has 1 atom stereocenters. The summed E-state index contributed by atoms with van der Waals surface area (Å²) in [6.45, 7) is 1.91. The largest absolute Gasteiger partial charge is 0.346 e. The fraction of sp³-hybridized carbons (Fsp3) is 0.0909. The molecule has 0 saturated heterocycles. The van der Waals surface area contributed by atoms with Crippen LogP contribution in [0.5, 0.6) is 0 Å². The van der Waals surface area contributed by atoms with Crippen molar-refractivity contribution in [1.29, 1.82) is 0 Å². The minimum Gasteiger partial charge on any atom is -0.346 e. The number of pyridine rings is 1. The average Bonchev–Trinajstić information content (AvgIpc) is 2.67. The van der Waals surface area contributed by atoms with Crippen LogP contribution in [0.2, 0.25) is 5.15 Å². The van der Waals surface area contributed by atoms with E-state index in [4.69, 9.17) is 11.6 Å². The highest BCUT2D eigenvalue weighted by Crippen LogP contribution is 2.23. The van der Waals surface area contributed by atoms with E-state index in [0.29, 0.717) is 10.7 Å². The van der Waals surface area contributed by atoms with Gasteiger partial charge in [0.2, 0.25) is 5.91 Å². The van der Waals surface area contributed by atoms with E-state index in [-0.39, 0.29) is 17.8 Å². The molecule has 3 aromatic rings. The number of hydrogen-bond acceptors (Lipinski definition) is 2. The van der Waals surface area contributed by atoms with E-state index >= 15 is 0 Å². The maximum atomic E-state index is 13.2. The molecule has 1 N–H and O–H groups in total. The van der Waals surface area contributed by atoms with Gasteiger partial charge in [-0.05, 0) is 60.0 Å². The Morgan fingerprint density at radius 1 is 1.11 bits per heavy atom. The second-order valence-corrected chi connectivity index (χ2v) is 6.50. The van der Waals surface area contributed by atoms with E-state index in [2.05, 4.69) is 10.3 Å². The molecule has 0 fully saturated rings. The molecule has 1 amide bonds. The van der Waals surface area contributed by atoms with E-state index in [1.807, 2.05) is 37.3 Å². The molecule has 0 unspecified atom stereocenters. The molecule has 5 heteroatoms. The van der Waals surface area contributed by atoms with Gasteiger partial charge in [-0.3, -0.25) is 4.79 Å². The highest BCUT2D eigenvalue weighted by molar-refractivity contribution is 6.29. The number of nitrogens with one attached hydrogen (secondary N) is 1. The number of benzene rings is 2. The van der Waals surface area contributed by atoms with Gasteiger partial charge in [0.05, 0.1) is 6.04 Å². The SMILES string of the molecule is C[C@H](NC(=O)/C=C\c1cccc(F)c1)c1cccc(-c2ccc(Cl)nc2)c1. The molecule has 1 heterocycles. The lowest BCUT2D eigenvalue weighted by molar-refractivity contribution is -0.117. The topological polar surface area (TPSA) is 42.0 Å². The van der Waals surface area contributed by atoms with E-state index in [9.17, 15) is 9.18 Å². The van der Waals surface area contributed by atoms with E-state index < -0.39 is 0 Å². The first-order chi connectivity index (χ1) is 13.0. The molecule has 27 heavy (non-hydrogen) atoms. The number of carbonyl (C=O) groups excluding carboxylic acids is 1. The Morgan fingerprint density at radius 3 is 2.67 bits per heavy atom. The van der Waals surface area contributed by atoms with Gasteiger partial charge in [0.25, 0.3) is 0 Å². The number of aromatic nitrogens is 1. The van der Waals surface area contributed by atoms with Gasteiger partial charge in [-0.2, -0.15) is 0 Å². The molecule has 0 radical (unpaired) electrons. The van der Waals surface area contributed by atoms with Gasteiger partial charge < -0.3 is 5.32 Å². The Kier molecular flexibility index (Phi) is 5.99. The van der Waals surface area contributed by atoms with Crippen molar-refractivity contribution in [2.24, 2.45) is 0 Å². The Balaban J connectivity index is 1.68. The fourth-order valence-electron chi connectivity index (χ4n) is 2.66. The van der Waals surface area contributed by atoms with Crippen molar-refractivity contribution in [1.82, 2.24) is 10.3 Å². The Morgan fingerprint density at radius 2 is 1.93 bits per heavy atom. The summed E-state index contributed by atoms with van der Waals surface area (Å²) >= 11 is 5.83. The number of nitrogens with zero attached hydrogens (tertiary/aromatic N) is 1. The molecule has 0 aliphatic rings. The van der Waals surface area contributed by atoms with Crippen LogP contribution in [0.4, 0.5) is 4.39 Å². The molecule has 0 aliphatic heterocycles. The Labute approximate surface area is 162 Å². The zero-order chi connectivity index (χ0) is 19.2. The van der Waals surface area contributed by atoms with Crippen molar-refractivity contribution < 1.29 is 9.18 Å². The monoisotopic (exact) mass is 380 g/mol. The highest BCUT2D eigenvalue weighted by atomic mass is 35.5. The lowest BCUT2D eigenvalue weighted by Crippen LogP contribution is -2.24. The van der Waals surface area contributed by atoms with Gasteiger partial charge in [0, 0.05) is 17.8 Å². The van der Waals surface area contributed by atoms with E-state index in [0.717, 1.165) is 16.7 Å². The summed E-state index contributed by atoms with van der Waals surface area (Å²) in [4.78, 5) is 16.3. The molecule has 0 saturated carbocycles. The van der Waals surface area contributed by atoms with Gasteiger partial charge >= 0.3 is 0 Å². The van der Waals surface area contributed by atoms with Crippen LogP contribution in [-0.2, 0) is 4.79 Å². The van der Waals surface area contributed by atoms with Crippen LogP contribution in [0, 0.1) is 5.82 Å². The summed E-state index contributed by atoms with van der Waals surface area (Å²) in [5.74, 6) is -0.579. The fourth-order valence-corrected chi connectivity index (χ4v) is 2.77. The summed E-state index contributed by atoms with van der Waals surface area (Å²) in [5.41, 5.74) is 3.55. The molecule has 136 valence electrons. The molecular weight excluding hydrogens is 363 g/mol. The molecular formula is C22H18ClFN2O. The summed E-state index contributed by atoms with van der Waals surface area (Å²) in [5, 5.41) is 3.36. The van der Waals surface area contributed by atoms with E-state index in [1.54, 1.807) is 30.5 Å². The van der Waals surface area contributed by atoms with Crippen molar-refractivity contribution in [2.45, 2.75) is 13.0 Å². The Bertz CT molecular complexity index is 970. The van der Waals surface area contributed by atoms with Crippen molar-refractivity contribution in [3.8, 4) is 11.1 Å². The first-order valence-corrected chi connectivity index (χ1v) is 8.85. The third-order valence-electron chi connectivity index (χ3n) is 4.08. The second-order valence-electron chi connectivity index (χ2n) is 6.11. The van der Waals surface area contributed by atoms with E-state index in [1.165, 1.54) is 18.2 Å². The standard InChI is InChI=1S/C22H18ClFN2O/c1-15(26-22(27)11-8-16-4-2-7-20(24)12-16)17-5-3-6-18(13-17)19-9-10-21(23)25-14-19/h2-15H,1H3,(H,26,27)/b11-8-/t15-/m0/s1. The maximum absolute atomic E-state index is 13.2. The van der Waals surface area contributed by atoms with Crippen LogP contribution >= 0.6 is 11.6 Å². The molecule has 0 spiro atoms. The Hall–Kier alpha value is -2.98. The van der Waals surface area contributed by atoms with Gasteiger partial charge in [0.1, 0.15) is 11.0 Å². The van der Waals surface area contributed by atoms with Crippen LogP contribution in [0.3, 0.4) is 0 Å². The minimum atomic E-state index is -0.334. The third-order valence-corrected chi connectivity index (χ3v) is 4.31. The molecule has 2 aromatic carbocycles. The van der Waals surface area contributed by atoms with Crippen LogP contribution in [0.1, 0.15) is 24.1 Å². The van der Waals surface area contributed by atoms with Crippen LogP contribution in [-0.4, -0.2) is 10.9 Å². The molecule has 3 nitrogen and oxygen atoms in total. The smallest absolute Gasteiger partial charge is 0.244 e. The number of rotatable bonds is 5. The summed E-state index contributed by atoms with van der Waals surface area (Å²) in [6.07, 6.45) is 4.70. The van der Waals surface area contributed by atoms with Crippen LogP contribution < -0.4 is 5.32 Å². The number of hydrogen-bond donors (Lipinski definition) is 1.